The zero-order chi connectivity index (χ0) is 17.4. The number of benzene rings is 1. The first-order chi connectivity index (χ1) is 11.6. The number of hydrogen-bond donors (Lipinski definition) is 3. The van der Waals surface area contributed by atoms with Crippen molar-refractivity contribution in [1.29, 1.82) is 0 Å². The third-order valence-corrected chi connectivity index (χ3v) is 4.86. The number of carboxylic acids is 1. The van der Waals surface area contributed by atoms with Crippen molar-refractivity contribution in [3.63, 3.8) is 0 Å². The van der Waals surface area contributed by atoms with Crippen molar-refractivity contribution in [2.45, 2.75) is 6.42 Å². The predicted molar refractivity (Wildman–Crippen MR) is 98.5 cm³/mol. The van der Waals surface area contributed by atoms with E-state index in [9.17, 15) is 9.90 Å². The number of rotatable bonds is 7. The van der Waals surface area contributed by atoms with E-state index in [-0.39, 0.29) is 23.3 Å². The second kappa shape index (κ2) is 9.40. The van der Waals surface area contributed by atoms with Crippen LogP contribution < -0.4 is 10.1 Å². The van der Waals surface area contributed by atoms with Crippen LogP contribution in [0.3, 0.4) is 0 Å². The minimum absolute atomic E-state index is 0.0646. The number of phenols is 1. The van der Waals surface area contributed by atoms with Crippen LogP contribution in [0.2, 0.25) is 0 Å². The summed E-state index contributed by atoms with van der Waals surface area (Å²) in [6.07, 6.45) is 0.619. The molecular weight excluding hydrogens is 346 g/mol. The fourth-order valence-corrected chi connectivity index (χ4v) is 3.19. The number of hydrogen-bond acceptors (Lipinski definition) is 5. The van der Waals surface area contributed by atoms with Crippen LogP contribution in [0.25, 0.3) is 0 Å². The number of aromatic hydroxyl groups is 1. The molecule has 24 heavy (non-hydrogen) atoms. The van der Waals surface area contributed by atoms with Gasteiger partial charge in [0.2, 0.25) is 0 Å². The van der Waals surface area contributed by atoms with Gasteiger partial charge in [-0.05, 0) is 12.1 Å². The van der Waals surface area contributed by atoms with E-state index in [0.717, 1.165) is 11.5 Å². The first kappa shape index (κ1) is 18.4. The van der Waals surface area contributed by atoms with Crippen LogP contribution in [0.5, 0.6) is 11.5 Å². The number of carbonyl (C=O) groups is 1. The Morgan fingerprint density at radius 3 is 2.96 bits per heavy atom. The normalized spacial score (nSPS) is 19.2. The fourth-order valence-electron chi connectivity index (χ4n) is 2.35. The zero-order valence-corrected chi connectivity index (χ0v) is 14.7. The number of carboxylic acid groups (broad SMARTS) is 1. The molecule has 0 aromatic heterocycles. The van der Waals surface area contributed by atoms with Gasteiger partial charge in [-0.25, -0.2) is 0 Å². The Labute approximate surface area is 150 Å². The number of para-hydroxylation sites is 2. The maximum atomic E-state index is 10.4. The monoisotopic (exact) mass is 365 g/mol. The number of ether oxygens (including phenoxy) is 1. The molecule has 1 saturated heterocycles. The summed E-state index contributed by atoms with van der Waals surface area (Å²) in [5.41, 5.74) is 0. The first-order valence-corrected chi connectivity index (χ1v) is 9.08. The third-order valence-electron chi connectivity index (χ3n) is 3.61. The molecule has 5 nitrogen and oxygen atoms in total. The predicted octanol–water partition coefficient (Wildman–Crippen LogP) is 2.15. The van der Waals surface area contributed by atoms with E-state index in [2.05, 4.69) is 17.2 Å². The van der Waals surface area contributed by atoms with Gasteiger partial charge in [-0.3, -0.25) is 4.79 Å². The Morgan fingerprint density at radius 2 is 2.21 bits per heavy atom. The number of phenolic OH excluding ortho intramolecular Hbond substituents is 1. The second-order valence-corrected chi connectivity index (χ2v) is 6.76. The Hall–Kier alpha value is -1.91. The van der Waals surface area contributed by atoms with Gasteiger partial charge in [0.05, 0.1) is 23.1 Å². The lowest BCUT2D eigenvalue weighted by Gasteiger charge is -2.17. The van der Waals surface area contributed by atoms with Crippen LogP contribution in [0.4, 0.5) is 0 Å². The Bertz CT molecular complexity index is 653. The summed E-state index contributed by atoms with van der Waals surface area (Å²) in [6.45, 7) is 1.18. The molecule has 0 saturated carbocycles. The minimum Gasteiger partial charge on any atom is -0.504 e. The summed E-state index contributed by atoms with van der Waals surface area (Å²) < 4.78 is 5.70. The Morgan fingerprint density at radius 1 is 1.42 bits per heavy atom. The van der Waals surface area contributed by atoms with Crippen molar-refractivity contribution in [3.8, 4) is 23.3 Å². The molecule has 2 atom stereocenters. The van der Waals surface area contributed by atoms with Gasteiger partial charge < -0.3 is 20.3 Å². The summed E-state index contributed by atoms with van der Waals surface area (Å²) in [5.74, 6) is 6.67. The largest absolute Gasteiger partial charge is 0.504 e. The SMILES string of the molecule is O=C(O)CSCC#CC[C@H]1C(=S)NC[C@@H]1COc1ccccc1O. The molecule has 7 heteroatoms. The quantitative estimate of drug-likeness (QED) is 0.388. The Kier molecular flexibility index (Phi) is 7.22. The van der Waals surface area contributed by atoms with Gasteiger partial charge in [0, 0.05) is 24.8 Å². The van der Waals surface area contributed by atoms with Gasteiger partial charge in [-0.15, -0.1) is 17.7 Å². The van der Waals surface area contributed by atoms with Crippen LogP contribution in [0.1, 0.15) is 6.42 Å². The number of thiocarbonyl (C=S) groups is 1. The van der Waals surface area contributed by atoms with Crippen LogP contribution in [0, 0.1) is 23.7 Å². The topological polar surface area (TPSA) is 78.8 Å². The van der Waals surface area contributed by atoms with Gasteiger partial charge in [-0.2, -0.15) is 0 Å². The molecule has 1 aliphatic heterocycles. The third kappa shape index (κ3) is 5.62. The molecule has 1 aliphatic rings. The summed E-state index contributed by atoms with van der Waals surface area (Å²) in [4.78, 5) is 11.2. The molecule has 2 rings (SSSR count). The average molecular weight is 365 g/mol. The highest BCUT2D eigenvalue weighted by molar-refractivity contribution is 8.00. The standard InChI is InChI=1S/C17H19NO4S2/c19-14-6-1-2-7-15(14)22-10-12-9-18-17(23)13(12)5-3-4-8-24-11-16(20)21/h1-2,6-7,12-13,19H,5,8-11H2,(H,18,23)(H,20,21)/t12-,13-/m1/s1. The summed E-state index contributed by atoms with van der Waals surface area (Å²) >= 11 is 6.62. The van der Waals surface area contributed by atoms with Gasteiger partial charge in [0.1, 0.15) is 0 Å². The van der Waals surface area contributed by atoms with Crippen molar-refractivity contribution >= 4 is 34.9 Å². The molecular formula is C17H19NO4S2. The van der Waals surface area contributed by atoms with Crippen molar-refractivity contribution in [1.82, 2.24) is 5.32 Å². The lowest BCUT2D eigenvalue weighted by atomic mass is 9.94. The fraction of sp³-hybridized carbons (Fsp3) is 0.412. The first-order valence-electron chi connectivity index (χ1n) is 7.51. The second-order valence-electron chi connectivity index (χ2n) is 5.33. The van der Waals surface area contributed by atoms with Crippen molar-refractivity contribution in [3.05, 3.63) is 24.3 Å². The van der Waals surface area contributed by atoms with E-state index in [4.69, 9.17) is 22.1 Å². The smallest absolute Gasteiger partial charge is 0.313 e. The highest BCUT2D eigenvalue weighted by Gasteiger charge is 2.31. The van der Waals surface area contributed by atoms with Gasteiger partial charge in [0.25, 0.3) is 0 Å². The number of aliphatic carboxylic acids is 1. The van der Waals surface area contributed by atoms with Crippen molar-refractivity contribution in [2.75, 3.05) is 24.7 Å². The molecule has 0 aliphatic carbocycles. The zero-order valence-electron chi connectivity index (χ0n) is 13.0. The summed E-state index contributed by atoms with van der Waals surface area (Å²) in [7, 11) is 0. The van der Waals surface area contributed by atoms with E-state index < -0.39 is 5.97 Å². The molecule has 128 valence electrons. The number of thioether (sulfide) groups is 1. The highest BCUT2D eigenvalue weighted by atomic mass is 32.2. The number of nitrogens with one attached hydrogen (secondary N) is 1. The maximum absolute atomic E-state index is 10.4. The van der Waals surface area contributed by atoms with E-state index in [1.165, 1.54) is 11.8 Å². The summed E-state index contributed by atoms with van der Waals surface area (Å²) in [5, 5.41) is 21.5. The van der Waals surface area contributed by atoms with Crippen LogP contribution in [-0.4, -0.2) is 45.8 Å². The van der Waals surface area contributed by atoms with Gasteiger partial charge in [0.15, 0.2) is 11.5 Å². The molecule has 0 unspecified atom stereocenters. The van der Waals surface area contributed by atoms with Gasteiger partial charge in [-0.1, -0.05) is 30.3 Å². The minimum atomic E-state index is -0.829. The highest BCUT2D eigenvalue weighted by Crippen LogP contribution is 2.28. The average Bonchev–Trinajstić information content (AvgIpc) is 2.90. The molecule has 1 aromatic rings. The van der Waals surface area contributed by atoms with Crippen LogP contribution in [-0.2, 0) is 4.79 Å². The molecule has 1 fully saturated rings. The lowest BCUT2D eigenvalue weighted by Crippen LogP contribution is -2.21. The molecule has 0 amide bonds. The summed E-state index contributed by atoms with van der Waals surface area (Å²) in [6, 6.07) is 6.87. The Balaban J connectivity index is 1.82. The van der Waals surface area contributed by atoms with Crippen LogP contribution in [0.15, 0.2) is 24.3 Å². The molecule has 1 aromatic carbocycles. The van der Waals surface area contributed by atoms with Crippen molar-refractivity contribution < 1.29 is 19.7 Å². The molecule has 0 spiro atoms. The van der Waals surface area contributed by atoms with E-state index in [1.54, 1.807) is 18.2 Å². The molecule has 0 radical (unpaired) electrons. The molecule has 0 bridgehead atoms. The molecule has 3 N–H and O–H groups in total. The molecule has 1 heterocycles. The van der Waals surface area contributed by atoms with E-state index in [1.807, 2.05) is 6.07 Å². The van der Waals surface area contributed by atoms with E-state index >= 15 is 0 Å². The lowest BCUT2D eigenvalue weighted by molar-refractivity contribution is -0.133. The maximum Gasteiger partial charge on any atom is 0.313 e. The van der Waals surface area contributed by atoms with Crippen molar-refractivity contribution in [2.24, 2.45) is 11.8 Å². The van der Waals surface area contributed by atoms with Crippen LogP contribution >= 0.6 is 24.0 Å². The van der Waals surface area contributed by atoms with Gasteiger partial charge >= 0.3 is 5.97 Å². The van der Waals surface area contributed by atoms with E-state index in [0.29, 0.717) is 24.5 Å².